The highest BCUT2D eigenvalue weighted by molar-refractivity contribution is 5.66. The molecule has 1 fully saturated rings. The van der Waals surface area contributed by atoms with Gasteiger partial charge in [0.1, 0.15) is 6.61 Å². The normalized spacial score (nSPS) is 33.5. The predicted molar refractivity (Wildman–Crippen MR) is 52.3 cm³/mol. The van der Waals surface area contributed by atoms with E-state index in [2.05, 4.69) is 4.74 Å². The van der Waals surface area contributed by atoms with Crippen LogP contribution in [0.2, 0.25) is 0 Å². The predicted octanol–water partition coefficient (Wildman–Crippen LogP) is -0.0214. The second-order valence-electron chi connectivity index (χ2n) is 3.89. The quantitative estimate of drug-likeness (QED) is 0.688. The van der Waals surface area contributed by atoms with Crippen LogP contribution in [0, 0.1) is 0 Å². The number of hydrogen-bond donors (Lipinski definition) is 1. The van der Waals surface area contributed by atoms with Crippen molar-refractivity contribution >= 4 is 11.9 Å². The van der Waals surface area contributed by atoms with Gasteiger partial charge in [-0.05, 0) is 6.92 Å². The maximum Gasteiger partial charge on any atom is 0.303 e. The number of rotatable bonds is 3. The summed E-state index contributed by atoms with van der Waals surface area (Å²) in [7, 11) is 0. The lowest BCUT2D eigenvalue weighted by Crippen LogP contribution is -2.46. The van der Waals surface area contributed by atoms with Gasteiger partial charge in [0.25, 0.3) is 0 Å². The van der Waals surface area contributed by atoms with Gasteiger partial charge in [-0.2, -0.15) is 0 Å². The van der Waals surface area contributed by atoms with E-state index in [9.17, 15) is 14.7 Å². The summed E-state index contributed by atoms with van der Waals surface area (Å²) in [5.74, 6) is -2.78. The van der Waals surface area contributed by atoms with Gasteiger partial charge in [-0.3, -0.25) is 9.59 Å². The number of aliphatic hydroxyl groups is 1. The highest BCUT2D eigenvalue weighted by atomic mass is 16.7. The molecule has 0 amide bonds. The van der Waals surface area contributed by atoms with Crippen molar-refractivity contribution in [3.63, 3.8) is 0 Å². The van der Waals surface area contributed by atoms with Crippen LogP contribution in [0.4, 0.5) is 0 Å². The fourth-order valence-corrected chi connectivity index (χ4v) is 1.63. The van der Waals surface area contributed by atoms with Gasteiger partial charge in [0.15, 0.2) is 6.10 Å². The minimum atomic E-state index is -1.74. The summed E-state index contributed by atoms with van der Waals surface area (Å²) in [6.45, 7) is 3.87. The molecule has 1 rings (SSSR count). The van der Waals surface area contributed by atoms with Crippen molar-refractivity contribution in [3.8, 4) is 0 Å². The van der Waals surface area contributed by atoms with Crippen molar-refractivity contribution in [2.24, 2.45) is 0 Å². The second kappa shape index (κ2) is 4.80. The molecule has 3 atom stereocenters. The summed E-state index contributed by atoms with van der Waals surface area (Å²) >= 11 is 0. The topological polar surface area (TPSA) is 82.1 Å². The van der Waals surface area contributed by atoms with E-state index in [-0.39, 0.29) is 12.7 Å². The molecule has 0 aromatic rings. The highest BCUT2D eigenvalue weighted by Gasteiger charge is 2.49. The number of hydrogen-bond acceptors (Lipinski definition) is 6. The average Bonchev–Trinajstić information content (AvgIpc) is 2.38. The molecule has 1 aliphatic heterocycles. The smallest absolute Gasteiger partial charge is 0.303 e. The molecule has 1 saturated heterocycles. The van der Waals surface area contributed by atoms with Gasteiger partial charge in [-0.25, -0.2) is 0 Å². The third-order valence-electron chi connectivity index (χ3n) is 2.24. The zero-order valence-electron chi connectivity index (χ0n) is 9.56. The van der Waals surface area contributed by atoms with Crippen LogP contribution in [-0.4, -0.2) is 41.6 Å². The molecule has 0 unspecified atom stereocenters. The molecule has 16 heavy (non-hydrogen) atoms. The Morgan fingerprint density at radius 3 is 2.56 bits per heavy atom. The minimum Gasteiger partial charge on any atom is -0.460 e. The Kier molecular flexibility index (Phi) is 3.88. The lowest BCUT2D eigenvalue weighted by molar-refractivity contribution is -0.252. The summed E-state index contributed by atoms with van der Waals surface area (Å²) in [5, 5.41) is 10.0. The highest BCUT2D eigenvalue weighted by Crippen LogP contribution is 2.31. The number of carbonyl (C=O) groups is 2. The van der Waals surface area contributed by atoms with Crippen molar-refractivity contribution in [2.75, 3.05) is 6.61 Å². The lowest BCUT2D eigenvalue weighted by Gasteiger charge is -2.27. The van der Waals surface area contributed by atoms with E-state index in [4.69, 9.17) is 9.47 Å². The van der Waals surface area contributed by atoms with Crippen LogP contribution in [0.3, 0.4) is 0 Å². The summed E-state index contributed by atoms with van der Waals surface area (Å²) in [6.07, 6.45) is -0.693. The lowest BCUT2D eigenvalue weighted by atomic mass is 10.1. The molecule has 0 bridgehead atoms. The zero-order valence-corrected chi connectivity index (χ0v) is 9.56. The summed E-state index contributed by atoms with van der Waals surface area (Å²) in [5.41, 5.74) is 0. The average molecular weight is 232 g/mol. The molecule has 0 aliphatic carbocycles. The molecule has 0 radical (unpaired) electrons. The molecule has 1 N–H and O–H groups in total. The Balaban J connectivity index is 2.65. The summed E-state index contributed by atoms with van der Waals surface area (Å²) < 4.78 is 14.8. The largest absolute Gasteiger partial charge is 0.460 e. The van der Waals surface area contributed by atoms with E-state index in [1.54, 1.807) is 6.92 Å². The number of carbonyl (C=O) groups excluding carboxylic acids is 2. The zero-order chi connectivity index (χ0) is 12.3. The van der Waals surface area contributed by atoms with Gasteiger partial charge < -0.3 is 19.3 Å². The second-order valence-corrected chi connectivity index (χ2v) is 3.89. The van der Waals surface area contributed by atoms with Gasteiger partial charge >= 0.3 is 11.9 Å². The Labute approximate surface area is 93.5 Å². The Morgan fingerprint density at radius 1 is 1.44 bits per heavy atom. The maximum atomic E-state index is 10.8. The van der Waals surface area contributed by atoms with Gasteiger partial charge in [0.05, 0.1) is 6.10 Å². The molecule has 1 heterocycles. The minimum absolute atomic E-state index is 0.259. The molecule has 6 nitrogen and oxygen atoms in total. The number of ether oxygens (including phenoxy) is 3. The van der Waals surface area contributed by atoms with Crippen molar-refractivity contribution in [3.05, 3.63) is 0 Å². The molecular formula is C10H16O6. The molecule has 6 heteroatoms. The SMILES string of the molecule is CC(=O)OC[C@]1(O)O[C@H](C)C[C@@H]1OC(C)=O. The van der Waals surface area contributed by atoms with E-state index in [1.807, 2.05) is 0 Å². The maximum absolute atomic E-state index is 10.8. The van der Waals surface area contributed by atoms with Crippen LogP contribution >= 0.6 is 0 Å². The van der Waals surface area contributed by atoms with Crippen molar-refractivity contribution in [2.45, 2.75) is 45.2 Å². The van der Waals surface area contributed by atoms with E-state index in [1.165, 1.54) is 13.8 Å². The first-order chi connectivity index (χ1) is 7.33. The van der Waals surface area contributed by atoms with E-state index in [0.717, 1.165) is 0 Å². The monoisotopic (exact) mass is 232 g/mol. The van der Waals surface area contributed by atoms with Crippen LogP contribution in [0.1, 0.15) is 27.2 Å². The standard InChI is InChI=1S/C10H16O6/c1-6-4-9(15-8(3)12)10(13,16-6)5-14-7(2)11/h6,9,13H,4-5H2,1-3H3/t6-,9+,10+/m1/s1. The molecule has 0 aromatic carbocycles. The molecule has 1 aliphatic rings. The molecule has 0 aromatic heterocycles. The third kappa shape index (κ3) is 3.18. The first kappa shape index (κ1) is 12.9. The van der Waals surface area contributed by atoms with E-state index in [0.29, 0.717) is 6.42 Å². The van der Waals surface area contributed by atoms with Crippen LogP contribution < -0.4 is 0 Å². The molecule has 92 valence electrons. The Morgan fingerprint density at radius 2 is 2.06 bits per heavy atom. The molecule has 0 spiro atoms. The fraction of sp³-hybridized carbons (Fsp3) is 0.800. The fourth-order valence-electron chi connectivity index (χ4n) is 1.63. The first-order valence-corrected chi connectivity index (χ1v) is 5.04. The van der Waals surface area contributed by atoms with Gasteiger partial charge in [-0.1, -0.05) is 0 Å². The van der Waals surface area contributed by atoms with Crippen molar-refractivity contribution in [1.82, 2.24) is 0 Å². The Bertz CT molecular complexity index is 289. The summed E-state index contributed by atoms with van der Waals surface area (Å²) in [4.78, 5) is 21.5. The van der Waals surface area contributed by atoms with Crippen LogP contribution in [0.15, 0.2) is 0 Å². The van der Waals surface area contributed by atoms with Crippen LogP contribution in [0.5, 0.6) is 0 Å². The molecular weight excluding hydrogens is 216 g/mol. The van der Waals surface area contributed by atoms with Gasteiger partial charge in [0.2, 0.25) is 5.79 Å². The van der Waals surface area contributed by atoms with E-state index >= 15 is 0 Å². The van der Waals surface area contributed by atoms with Crippen LogP contribution in [-0.2, 0) is 23.8 Å². The van der Waals surface area contributed by atoms with Gasteiger partial charge in [0, 0.05) is 20.3 Å². The Hall–Kier alpha value is -1.14. The van der Waals surface area contributed by atoms with E-state index < -0.39 is 23.8 Å². The third-order valence-corrected chi connectivity index (χ3v) is 2.24. The van der Waals surface area contributed by atoms with Crippen LogP contribution in [0.25, 0.3) is 0 Å². The summed E-state index contributed by atoms with van der Waals surface area (Å²) in [6, 6.07) is 0. The van der Waals surface area contributed by atoms with Gasteiger partial charge in [-0.15, -0.1) is 0 Å². The first-order valence-electron chi connectivity index (χ1n) is 5.04. The molecule has 0 saturated carbocycles. The number of esters is 2. The van der Waals surface area contributed by atoms with Crippen molar-refractivity contribution in [1.29, 1.82) is 0 Å². The van der Waals surface area contributed by atoms with Crippen molar-refractivity contribution < 1.29 is 28.9 Å².